The maximum absolute atomic E-state index is 2.25. The maximum Gasteiger partial charge on any atom is 0.0122 e. The predicted molar refractivity (Wildman–Crippen MR) is 85.0 cm³/mol. The van der Waals surface area contributed by atoms with Crippen molar-refractivity contribution in [1.82, 2.24) is 0 Å². The Morgan fingerprint density at radius 1 is 0.632 bits per heavy atom. The van der Waals surface area contributed by atoms with Gasteiger partial charge in [0.2, 0.25) is 0 Å². The van der Waals surface area contributed by atoms with E-state index >= 15 is 0 Å². The molecule has 0 heterocycles. The Morgan fingerprint density at radius 3 is 1.32 bits per heavy atom. The van der Waals surface area contributed by atoms with Crippen LogP contribution in [0, 0.1) is 0 Å². The Morgan fingerprint density at radius 2 is 1.00 bits per heavy atom. The molecule has 0 N–H and O–H groups in total. The largest absolute Gasteiger partial charge is 0.0901 e. The van der Waals surface area contributed by atoms with Gasteiger partial charge in [-0.25, -0.2) is 0 Å². The Labute approximate surface area is 121 Å². The van der Waals surface area contributed by atoms with E-state index in [4.69, 9.17) is 0 Å². The van der Waals surface area contributed by atoms with Gasteiger partial charge in [-0.15, -0.1) is 0 Å². The van der Waals surface area contributed by atoms with Crippen LogP contribution in [0.25, 0.3) is 0 Å². The molecular formula is C18H22S. The van der Waals surface area contributed by atoms with E-state index in [0.717, 1.165) is 0 Å². The SMILES string of the molecule is CCCc1ccc(Sc2ccc(CCC)cc2)cc1. The van der Waals surface area contributed by atoms with Gasteiger partial charge < -0.3 is 0 Å². The van der Waals surface area contributed by atoms with Gasteiger partial charge in [-0.05, 0) is 48.2 Å². The molecule has 2 aromatic rings. The number of hydrogen-bond donors (Lipinski definition) is 0. The zero-order chi connectivity index (χ0) is 13.5. The minimum Gasteiger partial charge on any atom is -0.0901 e. The highest BCUT2D eigenvalue weighted by molar-refractivity contribution is 7.99. The van der Waals surface area contributed by atoms with E-state index in [1.54, 1.807) is 0 Å². The number of aryl methyl sites for hydroxylation is 2. The van der Waals surface area contributed by atoms with Crippen molar-refractivity contribution in [3.63, 3.8) is 0 Å². The molecule has 0 atom stereocenters. The average Bonchev–Trinajstić information content (AvgIpc) is 2.44. The Bertz CT molecular complexity index is 435. The van der Waals surface area contributed by atoms with Crippen LogP contribution in [0.5, 0.6) is 0 Å². The second-order valence-electron chi connectivity index (χ2n) is 4.89. The molecule has 0 aromatic heterocycles. The molecule has 0 bridgehead atoms. The molecule has 2 aromatic carbocycles. The molecule has 0 unspecified atom stereocenters. The van der Waals surface area contributed by atoms with Crippen molar-refractivity contribution in [3.05, 3.63) is 59.7 Å². The third-order valence-corrected chi connectivity index (χ3v) is 4.18. The molecular weight excluding hydrogens is 248 g/mol. The van der Waals surface area contributed by atoms with Crippen molar-refractivity contribution in [2.45, 2.75) is 49.3 Å². The molecule has 2 rings (SSSR count). The van der Waals surface area contributed by atoms with E-state index in [2.05, 4.69) is 62.4 Å². The van der Waals surface area contributed by atoms with Gasteiger partial charge >= 0.3 is 0 Å². The standard InChI is InChI=1S/C18H22S/c1-3-5-15-7-11-17(12-8-15)19-18-13-9-16(6-4-2)10-14-18/h7-14H,3-6H2,1-2H3. The first-order valence-corrected chi connectivity index (χ1v) is 7.99. The van der Waals surface area contributed by atoms with E-state index in [1.165, 1.54) is 46.6 Å². The molecule has 0 aliphatic rings. The first-order chi connectivity index (χ1) is 9.31. The zero-order valence-electron chi connectivity index (χ0n) is 11.9. The van der Waals surface area contributed by atoms with Crippen molar-refractivity contribution in [2.75, 3.05) is 0 Å². The summed E-state index contributed by atoms with van der Waals surface area (Å²) < 4.78 is 0. The lowest BCUT2D eigenvalue weighted by Crippen LogP contribution is -1.83. The van der Waals surface area contributed by atoms with Crippen molar-refractivity contribution in [3.8, 4) is 0 Å². The molecule has 1 heteroatoms. The van der Waals surface area contributed by atoms with Gasteiger partial charge in [0.05, 0.1) is 0 Å². The van der Waals surface area contributed by atoms with Gasteiger partial charge in [-0.1, -0.05) is 62.7 Å². The summed E-state index contributed by atoms with van der Waals surface area (Å²) >= 11 is 1.84. The Hall–Kier alpha value is -1.21. The van der Waals surface area contributed by atoms with Gasteiger partial charge in [0.1, 0.15) is 0 Å². The fourth-order valence-corrected chi connectivity index (χ4v) is 2.98. The van der Waals surface area contributed by atoms with Gasteiger partial charge in [-0.3, -0.25) is 0 Å². The first kappa shape index (κ1) is 14.2. The van der Waals surface area contributed by atoms with Crippen LogP contribution in [0.15, 0.2) is 58.3 Å². The third kappa shape index (κ3) is 4.43. The van der Waals surface area contributed by atoms with Gasteiger partial charge in [0.25, 0.3) is 0 Å². The van der Waals surface area contributed by atoms with Crippen LogP contribution in [-0.2, 0) is 12.8 Å². The summed E-state index contributed by atoms with van der Waals surface area (Å²) in [5.74, 6) is 0. The van der Waals surface area contributed by atoms with Gasteiger partial charge in [-0.2, -0.15) is 0 Å². The molecule has 0 nitrogen and oxygen atoms in total. The molecule has 0 aliphatic carbocycles. The molecule has 100 valence electrons. The van der Waals surface area contributed by atoms with Gasteiger partial charge in [0, 0.05) is 9.79 Å². The molecule has 0 fully saturated rings. The van der Waals surface area contributed by atoms with Crippen LogP contribution in [-0.4, -0.2) is 0 Å². The van der Waals surface area contributed by atoms with Crippen LogP contribution >= 0.6 is 11.8 Å². The Kier molecular flexibility index (Phi) is 5.53. The third-order valence-electron chi connectivity index (χ3n) is 3.16. The summed E-state index contributed by atoms with van der Waals surface area (Å²) in [6.07, 6.45) is 4.78. The topological polar surface area (TPSA) is 0 Å². The summed E-state index contributed by atoms with van der Waals surface area (Å²) in [6, 6.07) is 17.9. The van der Waals surface area contributed by atoms with E-state index in [0.29, 0.717) is 0 Å². The lowest BCUT2D eigenvalue weighted by atomic mass is 10.1. The lowest BCUT2D eigenvalue weighted by molar-refractivity contribution is 0.919. The summed E-state index contributed by atoms with van der Waals surface area (Å²) in [5.41, 5.74) is 2.87. The maximum atomic E-state index is 2.25. The van der Waals surface area contributed by atoms with Crippen LogP contribution in [0.3, 0.4) is 0 Å². The number of benzene rings is 2. The van der Waals surface area contributed by atoms with E-state index < -0.39 is 0 Å². The second-order valence-corrected chi connectivity index (χ2v) is 6.04. The van der Waals surface area contributed by atoms with E-state index in [1.807, 2.05) is 11.8 Å². The first-order valence-electron chi connectivity index (χ1n) is 7.17. The van der Waals surface area contributed by atoms with Crippen LogP contribution in [0.2, 0.25) is 0 Å². The average molecular weight is 270 g/mol. The molecule has 0 saturated heterocycles. The quantitative estimate of drug-likeness (QED) is 0.644. The second kappa shape index (κ2) is 7.40. The summed E-state index contributed by atoms with van der Waals surface area (Å²) in [4.78, 5) is 2.64. The molecule has 0 amide bonds. The van der Waals surface area contributed by atoms with Crippen LogP contribution in [0.4, 0.5) is 0 Å². The summed E-state index contributed by atoms with van der Waals surface area (Å²) in [6.45, 7) is 4.45. The van der Waals surface area contributed by atoms with Crippen LogP contribution in [0.1, 0.15) is 37.8 Å². The highest BCUT2D eigenvalue weighted by Gasteiger charge is 1.99. The molecule has 19 heavy (non-hydrogen) atoms. The van der Waals surface area contributed by atoms with Gasteiger partial charge in [0.15, 0.2) is 0 Å². The molecule has 0 aliphatic heterocycles. The lowest BCUT2D eigenvalue weighted by Gasteiger charge is -2.05. The van der Waals surface area contributed by atoms with E-state index in [9.17, 15) is 0 Å². The predicted octanol–water partition coefficient (Wildman–Crippen LogP) is 5.74. The Balaban J connectivity index is 1.99. The fourth-order valence-electron chi connectivity index (χ4n) is 2.16. The van der Waals surface area contributed by atoms with Crippen molar-refractivity contribution < 1.29 is 0 Å². The van der Waals surface area contributed by atoms with E-state index in [-0.39, 0.29) is 0 Å². The summed E-state index contributed by atoms with van der Waals surface area (Å²) in [7, 11) is 0. The number of hydrogen-bond acceptors (Lipinski definition) is 1. The highest BCUT2D eigenvalue weighted by atomic mass is 32.2. The summed E-state index contributed by atoms with van der Waals surface area (Å²) in [5, 5.41) is 0. The molecule has 0 radical (unpaired) electrons. The normalized spacial score (nSPS) is 10.6. The minimum atomic E-state index is 1.18. The fraction of sp³-hybridized carbons (Fsp3) is 0.333. The smallest absolute Gasteiger partial charge is 0.0122 e. The van der Waals surface area contributed by atoms with Crippen molar-refractivity contribution in [2.24, 2.45) is 0 Å². The number of rotatable bonds is 6. The van der Waals surface area contributed by atoms with Crippen molar-refractivity contribution in [1.29, 1.82) is 0 Å². The van der Waals surface area contributed by atoms with Crippen molar-refractivity contribution >= 4 is 11.8 Å². The minimum absolute atomic E-state index is 1.18. The highest BCUT2D eigenvalue weighted by Crippen LogP contribution is 2.28. The monoisotopic (exact) mass is 270 g/mol. The molecule has 0 spiro atoms. The zero-order valence-corrected chi connectivity index (χ0v) is 12.7. The van der Waals surface area contributed by atoms with Crippen LogP contribution < -0.4 is 0 Å². The molecule has 0 saturated carbocycles.